The third kappa shape index (κ3) is 4.45. The van der Waals surface area contributed by atoms with E-state index >= 15 is 0 Å². The predicted molar refractivity (Wildman–Crippen MR) is 113 cm³/mol. The van der Waals surface area contributed by atoms with E-state index in [9.17, 15) is 9.59 Å². The number of hydrogen-bond donors (Lipinski definition) is 2. The first-order chi connectivity index (χ1) is 14.1. The van der Waals surface area contributed by atoms with E-state index in [1.54, 1.807) is 47.3 Å². The molecule has 0 unspecified atom stereocenters. The molecule has 0 atom stereocenters. The van der Waals surface area contributed by atoms with Crippen molar-refractivity contribution in [3.63, 3.8) is 0 Å². The maximum absolute atomic E-state index is 12.3. The van der Waals surface area contributed by atoms with Gasteiger partial charge in [0.2, 0.25) is 5.91 Å². The molecule has 7 nitrogen and oxygen atoms in total. The number of nitrogens with zero attached hydrogens (tertiary/aromatic N) is 3. The number of hydrogen-bond acceptors (Lipinski definition) is 7. The van der Waals surface area contributed by atoms with E-state index in [1.165, 1.54) is 22.7 Å². The zero-order valence-electron chi connectivity index (χ0n) is 14.9. The summed E-state index contributed by atoms with van der Waals surface area (Å²) in [4.78, 5) is 32.8. The molecule has 0 fully saturated rings. The number of rotatable bonds is 5. The summed E-state index contributed by atoms with van der Waals surface area (Å²) in [5, 5.41) is 16.7. The van der Waals surface area contributed by atoms with Gasteiger partial charge in [0, 0.05) is 11.1 Å². The number of anilines is 2. The minimum atomic E-state index is -0.275. The van der Waals surface area contributed by atoms with E-state index in [0.29, 0.717) is 22.1 Å². The Balaban J connectivity index is 1.45. The Morgan fingerprint density at radius 3 is 2.83 bits per heavy atom. The Bertz CT molecular complexity index is 1240. The van der Waals surface area contributed by atoms with Crippen LogP contribution in [-0.2, 0) is 11.2 Å². The fraction of sp³-hybridized carbons (Fsp3) is 0.0500. The molecule has 142 valence electrons. The van der Waals surface area contributed by atoms with Crippen LogP contribution in [0, 0.1) is 11.3 Å². The molecule has 0 aliphatic heterocycles. The van der Waals surface area contributed by atoms with Crippen LogP contribution in [0.2, 0.25) is 0 Å². The van der Waals surface area contributed by atoms with Gasteiger partial charge in [-0.25, -0.2) is 9.97 Å². The molecular weight excluding hydrogens is 406 g/mol. The monoisotopic (exact) mass is 419 g/mol. The van der Waals surface area contributed by atoms with E-state index in [1.807, 2.05) is 6.07 Å². The molecule has 29 heavy (non-hydrogen) atoms. The van der Waals surface area contributed by atoms with Crippen molar-refractivity contribution in [2.75, 3.05) is 10.6 Å². The van der Waals surface area contributed by atoms with E-state index in [2.05, 4.69) is 26.7 Å². The van der Waals surface area contributed by atoms with E-state index in [0.717, 1.165) is 15.8 Å². The van der Waals surface area contributed by atoms with Gasteiger partial charge in [0.1, 0.15) is 5.69 Å². The maximum Gasteiger partial charge on any atom is 0.275 e. The SMILES string of the molecule is N#Cc1cccc(CC(=O)Nc2nc3ccc(NC(=O)c4cscn4)cc3s2)c1. The van der Waals surface area contributed by atoms with Gasteiger partial charge in [-0.05, 0) is 35.9 Å². The number of thiazole rings is 2. The summed E-state index contributed by atoms with van der Waals surface area (Å²) in [6.45, 7) is 0. The third-order valence-electron chi connectivity index (χ3n) is 3.98. The zero-order chi connectivity index (χ0) is 20.2. The summed E-state index contributed by atoms with van der Waals surface area (Å²) >= 11 is 2.68. The van der Waals surface area contributed by atoms with Crippen molar-refractivity contribution in [1.82, 2.24) is 9.97 Å². The second kappa shape index (κ2) is 8.18. The van der Waals surface area contributed by atoms with Crippen LogP contribution in [0.15, 0.2) is 53.4 Å². The molecule has 2 heterocycles. The molecule has 2 aromatic carbocycles. The lowest BCUT2D eigenvalue weighted by molar-refractivity contribution is -0.115. The van der Waals surface area contributed by atoms with E-state index < -0.39 is 0 Å². The van der Waals surface area contributed by atoms with E-state index in [4.69, 9.17) is 5.26 Å². The molecule has 0 aliphatic carbocycles. The van der Waals surface area contributed by atoms with E-state index in [-0.39, 0.29) is 18.2 Å². The molecule has 2 aromatic heterocycles. The standard InChI is InChI=1S/C20H13N5O2S2/c21-9-13-3-1-2-12(6-13)7-18(26)25-20-24-15-5-4-14(8-17(15)29-20)23-19(27)16-10-28-11-22-16/h1-6,8,10-11H,7H2,(H,23,27)(H,24,25,26). The summed E-state index contributed by atoms with van der Waals surface area (Å²) in [7, 11) is 0. The average molecular weight is 419 g/mol. The first-order valence-corrected chi connectivity index (χ1v) is 10.3. The fourth-order valence-corrected chi connectivity index (χ4v) is 4.13. The van der Waals surface area contributed by atoms with Crippen LogP contribution in [0.3, 0.4) is 0 Å². The summed E-state index contributed by atoms with van der Waals surface area (Å²) < 4.78 is 0.836. The average Bonchev–Trinajstić information content (AvgIpc) is 3.37. The molecule has 0 bridgehead atoms. The van der Waals surface area contributed by atoms with Crippen molar-refractivity contribution < 1.29 is 9.59 Å². The van der Waals surface area contributed by atoms with Crippen LogP contribution in [0.1, 0.15) is 21.6 Å². The van der Waals surface area contributed by atoms with Crippen LogP contribution >= 0.6 is 22.7 Å². The quantitative estimate of drug-likeness (QED) is 0.507. The number of nitrogens with one attached hydrogen (secondary N) is 2. The van der Waals surface area contributed by atoms with Crippen LogP contribution in [0.5, 0.6) is 0 Å². The normalized spacial score (nSPS) is 10.4. The van der Waals surface area contributed by atoms with Gasteiger partial charge in [0.25, 0.3) is 5.91 Å². The maximum atomic E-state index is 12.3. The number of carbonyl (C=O) groups excluding carboxylic acids is 2. The molecule has 2 N–H and O–H groups in total. The second-order valence-electron chi connectivity index (χ2n) is 6.07. The molecule has 0 spiro atoms. The number of carbonyl (C=O) groups is 2. The summed E-state index contributed by atoms with van der Waals surface area (Å²) in [6, 6.07) is 14.3. The van der Waals surface area contributed by atoms with Crippen LogP contribution in [-0.4, -0.2) is 21.8 Å². The second-order valence-corrected chi connectivity index (χ2v) is 7.82. The number of benzene rings is 2. The first kappa shape index (κ1) is 18.7. The highest BCUT2D eigenvalue weighted by atomic mass is 32.1. The zero-order valence-corrected chi connectivity index (χ0v) is 16.5. The van der Waals surface area contributed by atoms with Crippen molar-refractivity contribution in [3.05, 3.63) is 70.2 Å². The molecule has 0 aliphatic rings. The number of aromatic nitrogens is 2. The molecule has 0 radical (unpaired) electrons. The van der Waals surface area contributed by atoms with Gasteiger partial charge in [0.15, 0.2) is 5.13 Å². The topological polar surface area (TPSA) is 108 Å². The van der Waals surface area contributed by atoms with Crippen molar-refractivity contribution in [2.45, 2.75) is 6.42 Å². The summed E-state index contributed by atoms with van der Waals surface area (Å²) in [5.41, 5.74) is 4.60. The Hall–Kier alpha value is -3.61. The Morgan fingerprint density at radius 2 is 2.03 bits per heavy atom. The van der Waals surface area contributed by atoms with Crippen LogP contribution < -0.4 is 10.6 Å². The number of amides is 2. The molecule has 4 rings (SSSR count). The van der Waals surface area contributed by atoms with Gasteiger partial charge in [-0.3, -0.25) is 9.59 Å². The Morgan fingerprint density at radius 1 is 1.14 bits per heavy atom. The largest absolute Gasteiger partial charge is 0.321 e. The minimum Gasteiger partial charge on any atom is -0.321 e. The number of fused-ring (bicyclic) bond motifs is 1. The predicted octanol–water partition coefficient (Wildman–Crippen LogP) is 4.06. The molecule has 2 amide bonds. The first-order valence-electron chi connectivity index (χ1n) is 8.50. The Kier molecular flexibility index (Phi) is 5.29. The van der Waals surface area contributed by atoms with Gasteiger partial charge in [0.05, 0.1) is 33.8 Å². The van der Waals surface area contributed by atoms with Crippen LogP contribution in [0.4, 0.5) is 10.8 Å². The highest BCUT2D eigenvalue weighted by molar-refractivity contribution is 7.22. The summed E-state index contributed by atoms with van der Waals surface area (Å²) in [6.07, 6.45) is 0.153. The van der Waals surface area contributed by atoms with Crippen molar-refractivity contribution in [1.29, 1.82) is 5.26 Å². The number of nitriles is 1. The summed E-state index contributed by atoms with van der Waals surface area (Å²) in [5.74, 6) is -0.487. The minimum absolute atomic E-state index is 0.153. The van der Waals surface area contributed by atoms with Gasteiger partial charge in [-0.1, -0.05) is 23.5 Å². The molecule has 4 aromatic rings. The highest BCUT2D eigenvalue weighted by Crippen LogP contribution is 2.28. The molecule has 9 heteroatoms. The third-order valence-corrected chi connectivity index (χ3v) is 5.50. The lowest BCUT2D eigenvalue weighted by Crippen LogP contribution is -2.14. The fourth-order valence-electron chi connectivity index (χ4n) is 2.68. The van der Waals surface area contributed by atoms with Gasteiger partial charge < -0.3 is 10.6 Å². The Labute approximate surface area is 173 Å². The highest BCUT2D eigenvalue weighted by Gasteiger charge is 2.12. The van der Waals surface area contributed by atoms with Crippen molar-refractivity contribution in [2.24, 2.45) is 0 Å². The van der Waals surface area contributed by atoms with Gasteiger partial charge >= 0.3 is 0 Å². The van der Waals surface area contributed by atoms with Crippen molar-refractivity contribution >= 4 is 55.5 Å². The molecular formula is C20H13N5O2S2. The lowest BCUT2D eigenvalue weighted by atomic mass is 10.1. The smallest absolute Gasteiger partial charge is 0.275 e. The molecule has 0 saturated carbocycles. The van der Waals surface area contributed by atoms with Crippen molar-refractivity contribution in [3.8, 4) is 6.07 Å². The van der Waals surface area contributed by atoms with Gasteiger partial charge in [-0.2, -0.15) is 5.26 Å². The molecule has 0 saturated heterocycles. The van der Waals surface area contributed by atoms with Gasteiger partial charge in [-0.15, -0.1) is 11.3 Å². The van der Waals surface area contributed by atoms with Crippen LogP contribution in [0.25, 0.3) is 10.2 Å². The lowest BCUT2D eigenvalue weighted by Gasteiger charge is -2.02.